The first-order chi connectivity index (χ1) is 12.5. The molecule has 1 amide bonds. The average molecular weight is 373 g/mol. The molecule has 0 aliphatic carbocycles. The molecule has 138 valence electrons. The van der Waals surface area contributed by atoms with Crippen LogP contribution >= 0.6 is 0 Å². The highest BCUT2D eigenvalue weighted by molar-refractivity contribution is 7.89. The van der Waals surface area contributed by atoms with Gasteiger partial charge in [0.05, 0.1) is 4.90 Å². The molecule has 1 fully saturated rings. The number of hydrogen-bond donors (Lipinski definition) is 2. The molecule has 0 bridgehead atoms. The van der Waals surface area contributed by atoms with Gasteiger partial charge in [0.2, 0.25) is 10.0 Å². The second-order valence-electron chi connectivity index (χ2n) is 6.41. The number of likely N-dealkylation sites (tertiary alicyclic amines) is 1. The van der Waals surface area contributed by atoms with Crippen molar-refractivity contribution in [2.75, 3.05) is 20.1 Å². The summed E-state index contributed by atoms with van der Waals surface area (Å²) in [4.78, 5) is 14.9. The van der Waals surface area contributed by atoms with E-state index in [1.807, 2.05) is 18.2 Å². The van der Waals surface area contributed by atoms with E-state index in [1.54, 1.807) is 0 Å². The third-order valence-electron chi connectivity index (χ3n) is 4.55. The van der Waals surface area contributed by atoms with Crippen LogP contribution < -0.4 is 10.0 Å². The van der Waals surface area contributed by atoms with Gasteiger partial charge in [-0.15, -0.1) is 0 Å². The number of rotatable bonds is 6. The highest BCUT2D eigenvalue weighted by atomic mass is 32.2. The van der Waals surface area contributed by atoms with Gasteiger partial charge in [0.25, 0.3) is 5.91 Å². The van der Waals surface area contributed by atoms with Gasteiger partial charge < -0.3 is 5.32 Å². The van der Waals surface area contributed by atoms with E-state index in [-0.39, 0.29) is 16.8 Å². The number of benzene rings is 2. The molecule has 3 rings (SSSR count). The van der Waals surface area contributed by atoms with Gasteiger partial charge in [-0.25, -0.2) is 13.1 Å². The summed E-state index contributed by atoms with van der Waals surface area (Å²) in [6, 6.07) is 16.3. The van der Waals surface area contributed by atoms with Gasteiger partial charge in [0.15, 0.2) is 0 Å². The van der Waals surface area contributed by atoms with Crippen molar-refractivity contribution < 1.29 is 13.2 Å². The van der Waals surface area contributed by atoms with Crippen LogP contribution in [0.25, 0.3) is 0 Å². The van der Waals surface area contributed by atoms with E-state index in [0.29, 0.717) is 5.56 Å². The molecule has 1 saturated heterocycles. The van der Waals surface area contributed by atoms with Gasteiger partial charge in [-0.2, -0.15) is 0 Å². The van der Waals surface area contributed by atoms with Crippen LogP contribution in [0, 0.1) is 0 Å². The van der Waals surface area contributed by atoms with Crippen molar-refractivity contribution >= 4 is 15.9 Å². The van der Waals surface area contributed by atoms with E-state index in [0.717, 1.165) is 26.1 Å². The van der Waals surface area contributed by atoms with Crippen molar-refractivity contribution in [3.8, 4) is 0 Å². The number of hydrogen-bond acceptors (Lipinski definition) is 4. The van der Waals surface area contributed by atoms with E-state index in [4.69, 9.17) is 0 Å². The van der Waals surface area contributed by atoms with Crippen molar-refractivity contribution in [2.45, 2.75) is 23.9 Å². The Morgan fingerprint density at radius 2 is 1.81 bits per heavy atom. The third kappa shape index (κ3) is 4.49. The van der Waals surface area contributed by atoms with Crippen LogP contribution in [-0.4, -0.2) is 45.4 Å². The monoisotopic (exact) mass is 373 g/mol. The van der Waals surface area contributed by atoms with Gasteiger partial charge in [0.1, 0.15) is 0 Å². The highest BCUT2D eigenvalue weighted by Gasteiger charge is 2.24. The molecule has 2 N–H and O–H groups in total. The average Bonchev–Trinajstić information content (AvgIpc) is 3.09. The topological polar surface area (TPSA) is 78.5 Å². The number of carbonyl (C=O) groups excluding carboxylic acids is 1. The summed E-state index contributed by atoms with van der Waals surface area (Å²) in [5.74, 6) is -0.176. The molecule has 2 aromatic carbocycles. The highest BCUT2D eigenvalue weighted by Crippen LogP contribution is 2.15. The van der Waals surface area contributed by atoms with Gasteiger partial charge in [-0.1, -0.05) is 30.3 Å². The van der Waals surface area contributed by atoms with Crippen LogP contribution in [0.4, 0.5) is 0 Å². The summed E-state index contributed by atoms with van der Waals surface area (Å²) >= 11 is 0. The largest absolute Gasteiger partial charge is 0.348 e. The molecule has 0 saturated carbocycles. The number of sulfonamides is 1. The summed E-state index contributed by atoms with van der Waals surface area (Å²) in [5, 5.41) is 3.04. The Labute approximate surface area is 154 Å². The fraction of sp³-hybridized carbons (Fsp3) is 0.316. The van der Waals surface area contributed by atoms with Crippen molar-refractivity contribution in [1.29, 1.82) is 0 Å². The van der Waals surface area contributed by atoms with Crippen molar-refractivity contribution in [1.82, 2.24) is 14.9 Å². The van der Waals surface area contributed by atoms with Crippen LogP contribution in [0.2, 0.25) is 0 Å². The Balaban J connectivity index is 1.55. The molecular weight excluding hydrogens is 350 g/mol. The summed E-state index contributed by atoms with van der Waals surface area (Å²) in [5.41, 5.74) is 1.72. The minimum Gasteiger partial charge on any atom is -0.348 e. The number of amides is 1. The Morgan fingerprint density at radius 3 is 2.46 bits per heavy atom. The van der Waals surface area contributed by atoms with Gasteiger partial charge in [0, 0.05) is 31.2 Å². The molecule has 1 aliphatic heterocycles. The first kappa shape index (κ1) is 18.6. The summed E-state index contributed by atoms with van der Waals surface area (Å²) in [6.07, 6.45) is 0.908. The smallest absolute Gasteiger partial charge is 0.251 e. The predicted molar refractivity (Wildman–Crippen MR) is 100 cm³/mol. The summed E-state index contributed by atoms with van der Waals surface area (Å²) in [7, 11) is -2.13. The van der Waals surface area contributed by atoms with Crippen LogP contribution in [0.5, 0.6) is 0 Å². The molecular formula is C19H23N3O3S. The maximum atomic E-state index is 12.4. The standard InChI is InChI=1S/C19H23N3O3S/c1-20-26(24,25)18-9-7-16(8-10-18)19(23)21-17-11-12-22(14-17)13-15-5-3-2-4-6-15/h2-10,17,20H,11-14H2,1H3,(H,21,23)/t17-/m0/s1. The molecule has 26 heavy (non-hydrogen) atoms. The lowest BCUT2D eigenvalue weighted by molar-refractivity contribution is 0.0937. The molecule has 1 heterocycles. The third-order valence-corrected chi connectivity index (χ3v) is 5.98. The quantitative estimate of drug-likeness (QED) is 0.806. The number of nitrogens with zero attached hydrogens (tertiary/aromatic N) is 1. The zero-order chi connectivity index (χ0) is 18.6. The minimum atomic E-state index is -3.49. The van der Waals surface area contributed by atoms with Crippen LogP contribution in [0.3, 0.4) is 0 Å². The molecule has 0 radical (unpaired) electrons. The molecule has 0 unspecified atom stereocenters. The molecule has 0 aromatic heterocycles. The van der Waals surface area contributed by atoms with E-state index < -0.39 is 10.0 Å². The lowest BCUT2D eigenvalue weighted by atomic mass is 10.2. The van der Waals surface area contributed by atoms with E-state index in [1.165, 1.54) is 36.9 Å². The Kier molecular flexibility index (Phi) is 5.70. The maximum Gasteiger partial charge on any atom is 0.251 e. The SMILES string of the molecule is CNS(=O)(=O)c1ccc(C(=O)N[C@H]2CCN(Cc3ccccc3)C2)cc1. The van der Waals surface area contributed by atoms with E-state index in [2.05, 4.69) is 27.1 Å². The molecule has 1 atom stereocenters. The van der Waals surface area contributed by atoms with Crippen molar-refractivity contribution in [2.24, 2.45) is 0 Å². The van der Waals surface area contributed by atoms with Crippen LogP contribution in [0.15, 0.2) is 59.5 Å². The second-order valence-corrected chi connectivity index (χ2v) is 8.30. The maximum absolute atomic E-state index is 12.4. The van der Waals surface area contributed by atoms with E-state index in [9.17, 15) is 13.2 Å². The van der Waals surface area contributed by atoms with Crippen molar-refractivity contribution in [3.63, 3.8) is 0 Å². The zero-order valence-electron chi connectivity index (χ0n) is 14.7. The molecule has 7 heteroatoms. The zero-order valence-corrected chi connectivity index (χ0v) is 15.5. The lowest BCUT2D eigenvalue weighted by Gasteiger charge is -2.17. The van der Waals surface area contributed by atoms with Crippen LogP contribution in [0.1, 0.15) is 22.3 Å². The normalized spacial score (nSPS) is 18.0. The molecule has 6 nitrogen and oxygen atoms in total. The summed E-state index contributed by atoms with van der Waals surface area (Å²) in [6.45, 7) is 2.63. The predicted octanol–water partition coefficient (Wildman–Crippen LogP) is 1.60. The van der Waals surface area contributed by atoms with E-state index >= 15 is 0 Å². The van der Waals surface area contributed by atoms with Crippen molar-refractivity contribution in [3.05, 3.63) is 65.7 Å². The fourth-order valence-electron chi connectivity index (χ4n) is 3.11. The van der Waals surface area contributed by atoms with Gasteiger partial charge >= 0.3 is 0 Å². The Hall–Kier alpha value is -2.22. The number of nitrogens with one attached hydrogen (secondary N) is 2. The molecule has 1 aliphatic rings. The molecule has 2 aromatic rings. The molecule has 0 spiro atoms. The fourth-order valence-corrected chi connectivity index (χ4v) is 3.84. The first-order valence-corrected chi connectivity index (χ1v) is 10.1. The first-order valence-electron chi connectivity index (χ1n) is 8.59. The second kappa shape index (κ2) is 7.99. The lowest BCUT2D eigenvalue weighted by Crippen LogP contribution is -2.37. The van der Waals surface area contributed by atoms with Crippen LogP contribution in [-0.2, 0) is 16.6 Å². The number of carbonyl (C=O) groups is 1. The minimum absolute atomic E-state index is 0.104. The Morgan fingerprint density at radius 1 is 1.12 bits per heavy atom. The van der Waals surface area contributed by atoms with Gasteiger partial charge in [-0.05, 0) is 43.3 Å². The summed E-state index contributed by atoms with van der Waals surface area (Å²) < 4.78 is 25.7. The van der Waals surface area contributed by atoms with Gasteiger partial charge in [-0.3, -0.25) is 9.69 Å². The Bertz CT molecular complexity index is 851.